The Balaban J connectivity index is 2.03. The molecule has 0 saturated heterocycles. The first-order valence-electron chi connectivity index (χ1n) is 5.18. The Morgan fingerprint density at radius 2 is 2.11 bits per heavy atom. The summed E-state index contributed by atoms with van der Waals surface area (Å²) in [6, 6.07) is 8.65. The van der Waals surface area contributed by atoms with Crippen molar-refractivity contribution in [3.63, 3.8) is 0 Å². The molecule has 0 radical (unpaired) electrons. The maximum atomic E-state index is 11.7. The Kier molecular flexibility index (Phi) is 4.18. The molecule has 0 aliphatic rings. The van der Waals surface area contributed by atoms with Crippen LogP contribution in [0.3, 0.4) is 0 Å². The van der Waals surface area contributed by atoms with Gasteiger partial charge in [0.15, 0.2) is 0 Å². The van der Waals surface area contributed by atoms with E-state index in [2.05, 4.69) is 4.98 Å². The molecule has 0 saturated carbocycles. The van der Waals surface area contributed by atoms with Crippen LogP contribution in [0.1, 0.15) is 15.9 Å². The Labute approximate surface area is 114 Å². The van der Waals surface area contributed by atoms with Crippen molar-refractivity contribution in [2.24, 2.45) is 0 Å². The lowest BCUT2D eigenvalue weighted by molar-refractivity contribution is 0.0472. The Morgan fingerprint density at radius 3 is 2.83 bits per heavy atom. The predicted molar refractivity (Wildman–Crippen MR) is 69.8 cm³/mol. The minimum absolute atomic E-state index is 0.143. The molecule has 2 aromatic rings. The molecule has 92 valence electrons. The number of hydrogen-bond acceptors (Lipinski definition) is 3. The summed E-state index contributed by atoms with van der Waals surface area (Å²) in [5, 5.41) is 0.920. The number of pyridine rings is 1. The van der Waals surface area contributed by atoms with E-state index in [1.54, 1.807) is 18.2 Å². The van der Waals surface area contributed by atoms with Gasteiger partial charge in [0.2, 0.25) is 0 Å². The molecule has 0 aliphatic heterocycles. The van der Waals surface area contributed by atoms with E-state index in [0.717, 1.165) is 5.56 Å². The summed E-state index contributed by atoms with van der Waals surface area (Å²) in [6.45, 7) is 0.143. The summed E-state index contributed by atoms with van der Waals surface area (Å²) in [5.74, 6) is -0.506. The molecule has 0 unspecified atom stereocenters. The van der Waals surface area contributed by atoms with Gasteiger partial charge in [-0.25, -0.2) is 4.79 Å². The number of ether oxygens (including phenoxy) is 1. The van der Waals surface area contributed by atoms with Crippen LogP contribution in [0, 0.1) is 0 Å². The molecule has 0 fully saturated rings. The van der Waals surface area contributed by atoms with Crippen LogP contribution >= 0.6 is 23.2 Å². The van der Waals surface area contributed by atoms with Crippen molar-refractivity contribution in [1.29, 1.82) is 0 Å². The molecule has 1 aromatic heterocycles. The molecule has 0 N–H and O–H groups in total. The zero-order valence-electron chi connectivity index (χ0n) is 9.27. The van der Waals surface area contributed by atoms with Gasteiger partial charge in [0.05, 0.1) is 10.6 Å². The first-order chi connectivity index (χ1) is 8.66. The van der Waals surface area contributed by atoms with Crippen LogP contribution in [-0.4, -0.2) is 11.0 Å². The highest BCUT2D eigenvalue weighted by molar-refractivity contribution is 6.33. The van der Waals surface area contributed by atoms with Crippen molar-refractivity contribution < 1.29 is 9.53 Å². The summed E-state index contributed by atoms with van der Waals surface area (Å²) < 4.78 is 5.13. The molecule has 0 spiro atoms. The number of nitrogens with zero attached hydrogens (tertiary/aromatic N) is 1. The van der Waals surface area contributed by atoms with E-state index in [1.165, 1.54) is 18.5 Å². The largest absolute Gasteiger partial charge is 0.457 e. The minimum atomic E-state index is -0.506. The predicted octanol–water partition coefficient (Wildman–Crippen LogP) is 3.75. The lowest BCUT2D eigenvalue weighted by atomic mass is 10.2. The molecular weight excluding hydrogens is 273 g/mol. The summed E-state index contributed by atoms with van der Waals surface area (Å²) in [5.41, 5.74) is 1.07. The van der Waals surface area contributed by atoms with Gasteiger partial charge in [-0.15, -0.1) is 0 Å². The Hall–Kier alpha value is -1.58. The summed E-state index contributed by atoms with van der Waals surface area (Å²) in [4.78, 5) is 15.6. The highest BCUT2D eigenvalue weighted by atomic mass is 35.5. The van der Waals surface area contributed by atoms with Crippen molar-refractivity contribution in [3.8, 4) is 0 Å². The fraction of sp³-hybridized carbons (Fsp3) is 0.0769. The highest BCUT2D eigenvalue weighted by Gasteiger charge is 2.11. The maximum absolute atomic E-state index is 11.7. The van der Waals surface area contributed by atoms with Gasteiger partial charge in [-0.3, -0.25) is 4.98 Å². The van der Waals surface area contributed by atoms with E-state index in [4.69, 9.17) is 27.9 Å². The number of carbonyl (C=O) groups excluding carboxylic acids is 1. The van der Waals surface area contributed by atoms with Crippen LogP contribution in [0.25, 0.3) is 0 Å². The molecule has 2 rings (SSSR count). The second kappa shape index (κ2) is 5.85. The van der Waals surface area contributed by atoms with Crippen LogP contribution in [-0.2, 0) is 11.3 Å². The van der Waals surface area contributed by atoms with Crippen molar-refractivity contribution >= 4 is 29.2 Å². The van der Waals surface area contributed by atoms with Crippen LogP contribution in [0.15, 0.2) is 42.7 Å². The summed E-state index contributed by atoms with van der Waals surface area (Å²) in [6.07, 6.45) is 2.89. The summed E-state index contributed by atoms with van der Waals surface area (Å²) >= 11 is 11.7. The van der Waals surface area contributed by atoms with Gasteiger partial charge in [0.1, 0.15) is 6.61 Å². The smallest absolute Gasteiger partial charge is 0.341 e. The molecule has 0 atom stereocenters. The molecule has 3 nitrogen and oxygen atoms in total. The number of rotatable bonds is 3. The quantitative estimate of drug-likeness (QED) is 0.805. The monoisotopic (exact) mass is 281 g/mol. The standard InChI is InChI=1S/C13H9Cl2NO2/c14-10-3-1-2-9(6-10)8-18-13(17)11-7-16-5-4-12(11)15/h1-7H,8H2. The fourth-order valence-electron chi connectivity index (χ4n) is 1.38. The number of hydrogen-bond donors (Lipinski definition) is 0. The number of halogens is 2. The van der Waals surface area contributed by atoms with Gasteiger partial charge >= 0.3 is 5.97 Å². The second-order valence-electron chi connectivity index (χ2n) is 3.56. The number of esters is 1. The highest BCUT2D eigenvalue weighted by Crippen LogP contribution is 2.16. The van der Waals surface area contributed by atoms with Gasteiger partial charge in [-0.2, -0.15) is 0 Å². The van der Waals surface area contributed by atoms with Crippen LogP contribution in [0.5, 0.6) is 0 Å². The Bertz CT molecular complexity index is 572. The zero-order valence-corrected chi connectivity index (χ0v) is 10.8. The molecule has 0 amide bonds. The third-order valence-corrected chi connectivity index (χ3v) is 2.81. The summed E-state index contributed by atoms with van der Waals surface area (Å²) in [7, 11) is 0. The maximum Gasteiger partial charge on any atom is 0.341 e. The van der Waals surface area contributed by atoms with Crippen molar-refractivity contribution in [2.45, 2.75) is 6.61 Å². The lowest BCUT2D eigenvalue weighted by Gasteiger charge is -2.06. The topological polar surface area (TPSA) is 39.2 Å². The van der Waals surface area contributed by atoms with Crippen LogP contribution in [0.2, 0.25) is 10.0 Å². The third kappa shape index (κ3) is 3.22. The van der Waals surface area contributed by atoms with Crippen LogP contribution < -0.4 is 0 Å². The first kappa shape index (κ1) is 12.9. The third-order valence-electron chi connectivity index (χ3n) is 2.25. The van der Waals surface area contributed by atoms with Gasteiger partial charge < -0.3 is 4.74 Å². The van der Waals surface area contributed by atoms with Gasteiger partial charge in [-0.1, -0.05) is 35.3 Å². The van der Waals surface area contributed by atoms with Crippen molar-refractivity contribution in [2.75, 3.05) is 0 Å². The van der Waals surface area contributed by atoms with E-state index >= 15 is 0 Å². The number of benzene rings is 1. The number of carbonyl (C=O) groups is 1. The van der Waals surface area contributed by atoms with Gasteiger partial charge in [0.25, 0.3) is 0 Å². The van der Waals surface area contributed by atoms with E-state index in [-0.39, 0.29) is 12.2 Å². The fourth-order valence-corrected chi connectivity index (χ4v) is 1.78. The van der Waals surface area contributed by atoms with Crippen molar-refractivity contribution in [3.05, 3.63) is 63.9 Å². The van der Waals surface area contributed by atoms with E-state index < -0.39 is 5.97 Å². The average molecular weight is 282 g/mol. The number of aromatic nitrogens is 1. The zero-order chi connectivity index (χ0) is 13.0. The minimum Gasteiger partial charge on any atom is -0.457 e. The molecule has 5 heteroatoms. The van der Waals surface area contributed by atoms with Crippen molar-refractivity contribution in [1.82, 2.24) is 4.98 Å². The van der Waals surface area contributed by atoms with E-state index in [0.29, 0.717) is 10.0 Å². The second-order valence-corrected chi connectivity index (χ2v) is 4.41. The first-order valence-corrected chi connectivity index (χ1v) is 5.93. The molecule has 0 bridgehead atoms. The Morgan fingerprint density at radius 1 is 1.28 bits per heavy atom. The molecule has 18 heavy (non-hydrogen) atoms. The SMILES string of the molecule is O=C(OCc1cccc(Cl)c1)c1cnccc1Cl. The molecule has 1 aromatic carbocycles. The molecule has 0 aliphatic carbocycles. The molecular formula is C13H9Cl2NO2. The molecule has 1 heterocycles. The van der Waals surface area contributed by atoms with E-state index in [9.17, 15) is 4.79 Å². The lowest BCUT2D eigenvalue weighted by Crippen LogP contribution is -2.06. The van der Waals surface area contributed by atoms with Gasteiger partial charge in [0, 0.05) is 17.4 Å². The van der Waals surface area contributed by atoms with Gasteiger partial charge in [-0.05, 0) is 23.8 Å². The normalized spacial score (nSPS) is 10.1. The van der Waals surface area contributed by atoms with Crippen LogP contribution in [0.4, 0.5) is 0 Å². The van der Waals surface area contributed by atoms with E-state index in [1.807, 2.05) is 6.07 Å². The average Bonchev–Trinajstić information content (AvgIpc) is 2.37.